The number of hydrogen-bond donors (Lipinski definition) is 1. The lowest BCUT2D eigenvalue weighted by Gasteiger charge is -2.39. The Morgan fingerprint density at radius 2 is 1.87 bits per heavy atom. The van der Waals surface area contributed by atoms with Gasteiger partial charge in [0.05, 0.1) is 16.6 Å². The van der Waals surface area contributed by atoms with Crippen LogP contribution in [-0.4, -0.2) is 35.9 Å². The minimum absolute atomic E-state index is 0.0537. The Bertz CT molecular complexity index is 1060. The minimum Gasteiger partial charge on any atom is -0.352 e. The van der Waals surface area contributed by atoms with Gasteiger partial charge >= 0.3 is 6.18 Å². The molecule has 4 rings (SSSR count). The van der Waals surface area contributed by atoms with Crippen molar-refractivity contribution in [3.8, 4) is 0 Å². The smallest absolute Gasteiger partial charge is 0.352 e. The molecule has 0 bridgehead atoms. The highest BCUT2D eigenvalue weighted by atomic mass is 19.4. The van der Waals surface area contributed by atoms with Crippen LogP contribution < -0.4 is 5.32 Å². The van der Waals surface area contributed by atoms with Crippen molar-refractivity contribution in [2.75, 3.05) is 20.1 Å². The van der Waals surface area contributed by atoms with Gasteiger partial charge in [-0.1, -0.05) is 30.3 Å². The third-order valence-corrected chi connectivity index (χ3v) is 5.99. The number of fused-ring (bicyclic) bond motifs is 1. The van der Waals surface area contributed by atoms with Crippen molar-refractivity contribution >= 4 is 16.8 Å². The molecule has 0 radical (unpaired) electrons. The van der Waals surface area contributed by atoms with Gasteiger partial charge in [0, 0.05) is 24.2 Å². The molecule has 0 saturated carbocycles. The van der Waals surface area contributed by atoms with E-state index in [1.165, 1.54) is 0 Å². The van der Waals surface area contributed by atoms with E-state index >= 15 is 0 Å². The van der Waals surface area contributed by atoms with Crippen molar-refractivity contribution in [1.82, 2.24) is 15.2 Å². The van der Waals surface area contributed by atoms with E-state index < -0.39 is 11.7 Å². The molecule has 3 aromatic rings. The number of benzene rings is 2. The monoisotopic (exact) mass is 427 g/mol. The third-order valence-electron chi connectivity index (χ3n) is 5.99. The number of rotatable bonds is 4. The number of halogens is 3. The number of alkyl halides is 3. The van der Waals surface area contributed by atoms with Crippen molar-refractivity contribution in [1.29, 1.82) is 0 Å². The number of para-hydroxylation sites is 1. The van der Waals surface area contributed by atoms with E-state index in [4.69, 9.17) is 0 Å². The molecule has 4 nitrogen and oxygen atoms in total. The molecule has 1 aliphatic rings. The summed E-state index contributed by atoms with van der Waals surface area (Å²) in [6, 6.07) is 14.6. The molecule has 162 valence electrons. The molecule has 1 aromatic heterocycles. The summed E-state index contributed by atoms with van der Waals surface area (Å²) in [6.07, 6.45) is -0.819. The molecule has 2 atom stereocenters. The van der Waals surface area contributed by atoms with Crippen LogP contribution in [-0.2, 0) is 6.18 Å². The van der Waals surface area contributed by atoms with E-state index in [9.17, 15) is 18.0 Å². The van der Waals surface area contributed by atoms with Gasteiger partial charge < -0.3 is 5.32 Å². The van der Waals surface area contributed by atoms with E-state index in [1.807, 2.05) is 31.3 Å². The highest BCUT2D eigenvalue weighted by molar-refractivity contribution is 6.05. The average Bonchev–Trinajstić information content (AvgIpc) is 2.76. The number of hydrogen-bond acceptors (Lipinski definition) is 3. The zero-order valence-electron chi connectivity index (χ0n) is 17.2. The molecule has 2 unspecified atom stereocenters. The fourth-order valence-electron chi connectivity index (χ4n) is 4.48. The topological polar surface area (TPSA) is 45.2 Å². The zero-order chi connectivity index (χ0) is 22.0. The summed E-state index contributed by atoms with van der Waals surface area (Å²) in [4.78, 5) is 19.4. The number of aromatic nitrogens is 1. The molecule has 2 heterocycles. The highest BCUT2D eigenvalue weighted by Gasteiger charge is 2.33. The number of piperidine rings is 1. The summed E-state index contributed by atoms with van der Waals surface area (Å²) in [7, 11) is 1.98. The zero-order valence-corrected chi connectivity index (χ0v) is 17.2. The maximum Gasteiger partial charge on any atom is 0.416 e. The molecule has 1 saturated heterocycles. The van der Waals surface area contributed by atoms with E-state index in [2.05, 4.69) is 15.2 Å². The molecule has 7 heteroatoms. The van der Waals surface area contributed by atoms with Gasteiger partial charge in [-0.25, -0.2) is 0 Å². The van der Waals surface area contributed by atoms with Gasteiger partial charge in [0.25, 0.3) is 5.91 Å². The second kappa shape index (κ2) is 8.67. The second-order valence-corrected chi connectivity index (χ2v) is 8.04. The minimum atomic E-state index is -4.35. The van der Waals surface area contributed by atoms with Gasteiger partial charge in [-0.05, 0) is 62.2 Å². The summed E-state index contributed by atoms with van der Waals surface area (Å²) in [5.74, 6) is -0.0916. The van der Waals surface area contributed by atoms with E-state index in [1.54, 1.807) is 24.4 Å². The van der Waals surface area contributed by atoms with Crippen molar-refractivity contribution in [3.63, 3.8) is 0 Å². The van der Waals surface area contributed by atoms with Crippen LogP contribution >= 0.6 is 0 Å². The van der Waals surface area contributed by atoms with Crippen LogP contribution in [0.25, 0.3) is 10.9 Å². The predicted molar refractivity (Wildman–Crippen MR) is 114 cm³/mol. The predicted octanol–water partition coefficient (Wildman–Crippen LogP) is 5.07. The standard InChI is InChI=1S/C24H24F3N3O/c1-30-14-4-7-18(22(30)17-9-11-19(12-10-17)24(25,26)27)15-29-23(31)20-8-2-5-16-6-3-13-28-21(16)20/h2-3,5-6,8-13,18,22H,4,7,14-15H2,1H3,(H,29,31). The summed E-state index contributed by atoms with van der Waals surface area (Å²) < 4.78 is 38.8. The summed E-state index contributed by atoms with van der Waals surface area (Å²) >= 11 is 0. The first-order valence-electron chi connectivity index (χ1n) is 10.3. The van der Waals surface area contributed by atoms with Crippen LogP contribution in [0.5, 0.6) is 0 Å². The first kappa shape index (κ1) is 21.3. The van der Waals surface area contributed by atoms with E-state index in [0.717, 1.165) is 42.5 Å². The van der Waals surface area contributed by atoms with E-state index in [-0.39, 0.29) is 17.9 Å². The largest absolute Gasteiger partial charge is 0.416 e. The summed E-state index contributed by atoms with van der Waals surface area (Å²) in [5, 5.41) is 3.93. The maximum atomic E-state index is 12.9. The molecule has 1 fully saturated rings. The first-order chi connectivity index (χ1) is 14.8. The highest BCUT2D eigenvalue weighted by Crippen LogP contribution is 2.36. The molecule has 0 aliphatic carbocycles. The average molecular weight is 427 g/mol. The lowest BCUT2D eigenvalue weighted by Crippen LogP contribution is -2.41. The van der Waals surface area contributed by atoms with Crippen molar-refractivity contribution in [2.24, 2.45) is 5.92 Å². The summed E-state index contributed by atoms with van der Waals surface area (Å²) in [6.45, 7) is 1.31. The third kappa shape index (κ3) is 4.56. The lowest BCUT2D eigenvalue weighted by molar-refractivity contribution is -0.137. The number of likely N-dealkylation sites (tertiary alicyclic amines) is 1. The molecule has 0 spiro atoms. The van der Waals surface area contributed by atoms with Gasteiger partial charge in [-0.3, -0.25) is 14.7 Å². The first-order valence-corrected chi connectivity index (χ1v) is 10.3. The SMILES string of the molecule is CN1CCCC(CNC(=O)c2cccc3cccnc23)C1c1ccc(C(F)(F)F)cc1. The quantitative estimate of drug-likeness (QED) is 0.633. The molecule has 2 aromatic carbocycles. The number of pyridine rings is 1. The van der Waals surface area contributed by atoms with E-state index in [0.29, 0.717) is 17.6 Å². The van der Waals surface area contributed by atoms with Crippen LogP contribution in [0, 0.1) is 5.92 Å². The van der Waals surface area contributed by atoms with Crippen LogP contribution in [0.2, 0.25) is 0 Å². The van der Waals surface area contributed by atoms with Crippen molar-refractivity contribution < 1.29 is 18.0 Å². The number of amides is 1. The number of carbonyl (C=O) groups excluding carboxylic acids is 1. The van der Waals surface area contributed by atoms with Crippen LogP contribution in [0.15, 0.2) is 60.8 Å². The van der Waals surface area contributed by atoms with Crippen LogP contribution in [0.1, 0.15) is 40.4 Å². The molecule has 1 aliphatic heterocycles. The Morgan fingerprint density at radius 3 is 2.61 bits per heavy atom. The molecule has 1 N–H and O–H groups in total. The second-order valence-electron chi connectivity index (χ2n) is 8.04. The summed E-state index contributed by atoms with van der Waals surface area (Å²) in [5.41, 5.74) is 1.36. The van der Waals surface area contributed by atoms with Gasteiger partial charge in [-0.15, -0.1) is 0 Å². The Kier molecular flexibility index (Phi) is 5.96. The van der Waals surface area contributed by atoms with Gasteiger partial charge in [0.2, 0.25) is 0 Å². The molecule has 31 heavy (non-hydrogen) atoms. The normalized spacial score (nSPS) is 20.0. The Balaban J connectivity index is 1.51. The number of nitrogens with zero attached hydrogens (tertiary/aromatic N) is 2. The fraction of sp³-hybridized carbons (Fsp3) is 0.333. The van der Waals surface area contributed by atoms with Crippen molar-refractivity contribution in [3.05, 3.63) is 77.5 Å². The van der Waals surface area contributed by atoms with Crippen LogP contribution in [0.3, 0.4) is 0 Å². The van der Waals surface area contributed by atoms with Crippen molar-refractivity contribution in [2.45, 2.75) is 25.1 Å². The number of nitrogens with one attached hydrogen (secondary N) is 1. The maximum absolute atomic E-state index is 12.9. The Morgan fingerprint density at radius 1 is 1.13 bits per heavy atom. The Labute approximate surface area is 179 Å². The van der Waals surface area contributed by atoms with Gasteiger partial charge in [0.1, 0.15) is 0 Å². The lowest BCUT2D eigenvalue weighted by atomic mass is 9.84. The number of carbonyl (C=O) groups is 1. The molecular formula is C24H24F3N3O. The Hall–Kier alpha value is -2.93. The molecule has 1 amide bonds. The van der Waals surface area contributed by atoms with Gasteiger partial charge in [-0.2, -0.15) is 13.2 Å². The molecular weight excluding hydrogens is 403 g/mol. The van der Waals surface area contributed by atoms with Gasteiger partial charge in [0.15, 0.2) is 0 Å². The van der Waals surface area contributed by atoms with Crippen LogP contribution in [0.4, 0.5) is 13.2 Å². The fourth-order valence-corrected chi connectivity index (χ4v) is 4.48.